The van der Waals surface area contributed by atoms with Gasteiger partial charge in [-0.2, -0.15) is 0 Å². The van der Waals surface area contributed by atoms with Crippen LogP contribution in [0.25, 0.3) is 5.57 Å². The van der Waals surface area contributed by atoms with E-state index >= 15 is 0 Å². The molecule has 0 unspecified atom stereocenters. The Labute approximate surface area is 154 Å². The van der Waals surface area contributed by atoms with E-state index in [2.05, 4.69) is 18.2 Å². The lowest BCUT2D eigenvalue weighted by atomic mass is 9.92. The average Bonchev–Trinajstić information content (AvgIpc) is 3.52. The molecule has 4 heteroatoms. The Morgan fingerprint density at radius 3 is 2.46 bits per heavy atom. The summed E-state index contributed by atoms with van der Waals surface area (Å²) < 4.78 is 11.1. The third-order valence-electron chi connectivity index (χ3n) is 5.22. The van der Waals surface area contributed by atoms with Gasteiger partial charge in [0.05, 0.1) is 12.8 Å². The van der Waals surface area contributed by atoms with Crippen molar-refractivity contribution in [3.63, 3.8) is 0 Å². The van der Waals surface area contributed by atoms with Gasteiger partial charge in [0.1, 0.15) is 5.75 Å². The highest BCUT2D eigenvalue weighted by Gasteiger charge is 2.28. The van der Waals surface area contributed by atoms with Crippen LogP contribution in [0, 0.1) is 5.92 Å². The van der Waals surface area contributed by atoms with Crippen molar-refractivity contribution in [2.75, 3.05) is 20.3 Å². The zero-order valence-electron chi connectivity index (χ0n) is 15.1. The van der Waals surface area contributed by atoms with E-state index in [9.17, 15) is 5.11 Å². The minimum Gasteiger partial charge on any atom is -0.508 e. The second-order valence-electron chi connectivity index (χ2n) is 7.15. The van der Waals surface area contributed by atoms with Crippen molar-refractivity contribution in [2.45, 2.75) is 31.6 Å². The van der Waals surface area contributed by atoms with Crippen molar-refractivity contribution >= 4 is 5.57 Å². The summed E-state index contributed by atoms with van der Waals surface area (Å²) in [5, 5.41) is 9.65. The van der Waals surface area contributed by atoms with Crippen molar-refractivity contribution < 1.29 is 14.6 Å². The van der Waals surface area contributed by atoms with Gasteiger partial charge in [-0.25, -0.2) is 4.98 Å². The zero-order chi connectivity index (χ0) is 17.9. The maximum absolute atomic E-state index is 9.65. The first kappa shape index (κ1) is 17.1. The lowest BCUT2D eigenvalue weighted by Crippen LogP contribution is -2.14. The largest absolute Gasteiger partial charge is 0.508 e. The van der Waals surface area contributed by atoms with Gasteiger partial charge in [0.2, 0.25) is 5.88 Å². The van der Waals surface area contributed by atoms with Gasteiger partial charge in [-0.05, 0) is 61.3 Å². The molecule has 1 N–H and O–H groups in total. The fourth-order valence-electron chi connectivity index (χ4n) is 3.56. The molecule has 0 amide bonds. The van der Waals surface area contributed by atoms with Crippen LogP contribution in [0.3, 0.4) is 0 Å². The fraction of sp³-hybridized carbons (Fsp3) is 0.409. The van der Waals surface area contributed by atoms with Gasteiger partial charge in [-0.3, -0.25) is 0 Å². The molecule has 1 aliphatic heterocycles. The first-order chi connectivity index (χ1) is 12.7. The van der Waals surface area contributed by atoms with E-state index in [0.29, 0.717) is 11.8 Å². The SMILES string of the molecule is COc1nc(/C(=C/C2CCOCC2)c2ccc(O)cc2)ccc1C1CC1. The number of allylic oxidation sites excluding steroid dienone is 1. The first-order valence-electron chi connectivity index (χ1n) is 9.39. The maximum atomic E-state index is 9.65. The number of rotatable bonds is 5. The quantitative estimate of drug-likeness (QED) is 0.860. The van der Waals surface area contributed by atoms with E-state index in [4.69, 9.17) is 14.5 Å². The summed E-state index contributed by atoms with van der Waals surface area (Å²) in [6.45, 7) is 1.61. The average molecular weight is 351 g/mol. The molecule has 0 bridgehead atoms. The van der Waals surface area contributed by atoms with Crippen molar-refractivity contribution in [3.05, 3.63) is 59.3 Å². The third-order valence-corrected chi connectivity index (χ3v) is 5.22. The normalized spacial score (nSPS) is 18.7. The van der Waals surface area contributed by atoms with Crippen LogP contribution in [-0.4, -0.2) is 30.4 Å². The summed E-state index contributed by atoms with van der Waals surface area (Å²) in [6.07, 6.45) is 6.81. The number of benzene rings is 1. The van der Waals surface area contributed by atoms with Gasteiger partial charge in [0.25, 0.3) is 0 Å². The summed E-state index contributed by atoms with van der Waals surface area (Å²) in [7, 11) is 1.69. The third kappa shape index (κ3) is 3.75. The minimum atomic E-state index is 0.272. The molecule has 1 aromatic carbocycles. The van der Waals surface area contributed by atoms with Crippen molar-refractivity contribution in [1.29, 1.82) is 0 Å². The summed E-state index contributed by atoms with van der Waals surface area (Å²) in [4.78, 5) is 4.83. The van der Waals surface area contributed by atoms with E-state index in [1.165, 1.54) is 18.4 Å². The summed E-state index contributed by atoms with van der Waals surface area (Å²) in [6, 6.07) is 11.6. The van der Waals surface area contributed by atoms with Crippen LogP contribution in [0.4, 0.5) is 0 Å². The number of nitrogens with zero attached hydrogens (tertiary/aromatic N) is 1. The number of methoxy groups -OCH3 is 1. The smallest absolute Gasteiger partial charge is 0.217 e. The van der Waals surface area contributed by atoms with Crippen LogP contribution < -0.4 is 4.74 Å². The predicted molar refractivity (Wildman–Crippen MR) is 101 cm³/mol. The summed E-state index contributed by atoms with van der Waals surface area (Å²) in [5.41, 5.74) is 4.29. The molecule has 2 heterocycles. The molecule has 2 aliphatic rings. The zero-order valence-corrected chi connectivity index (χ0v) is 15.1. The highest BCUT2D eigenvalue weighted by Crippen LogP contribution is 2.44. The monoisotopic (exact) mass is 351 g/mol. The Kier molecular flexibility index (Phi) is 4.93. The second-order valence-corrected chi connectivity index (χ2v) is 7.15. The number of phenolic OH excluding ortho intramolecular Hbond substituents is 1. The summed E-state index contributed by atoms with van der Waals surface area (Å²) in [5.74, 6) is 2.09. The second kappa shape index (κ2) is 7.50. The van der Waals surface area contributed by atoms with Gasteiger partial charge < -0.3 is 14.6 Å². The lowest BCUT2D eigenvalue weighted by Gasteiger charge is -2.21. The number of hydrogen-bond donors (Lipinski definition) is 1. The standard InChI is InChI=1S/C22H25NO3/c1-25-22-19(16-2-3-16)8-9-21(23-22)20(14-15-10-12-26-13-11-15)17-4-6-18(24)7-5-17/h4-9,14-16,24H,2-3,10-13H2,1H3/b20-14+. The molecule has 136 valence electrons. The van der Waals surface area contributed by atoms with Crippen molar-refractivity contribution in [1.82, 2.24) is 4.98 Å². The molecular formula is C22H25NO3. The Hall–Kier alpha value is -2.33. The Morgan fingerprint density at radius 2 is 1.81 bits per heavy atom. The molecule has 1 saturated carbocycles. The van der Waals surface area contributed by atoms with Gasteiger partial charge in [-0.1, -0.05) is 24.3 Å². The number of phenols is 1. The van der Waals surface area contributed by atoms with Crippen molar-refractivity contribution in [2.24, 2.45) is 5.92 Å². The Morgan fingerprint density at radius 1 is 1.08 bits per heavy atom. The number of ether oxygens (including phenoxy) is 2. The predicted octanol–water partition coefficient (Wildman–Crippen LogP) is 4.53. The topological polar surface area (TPSA) is 51.6 Å². The molecule has 2 aromatic rings. The van der Waals surface area contributed by atoms with Crippen LogP contribution in [0.2, 0.25) is 0 Å². The maximum Gasteiger partial charge on any atom is 0.217 e. The van der Waals surface area contributed by atoms with E-state index in [0.717, 1.165) is 48.8 Å². The molecule has 4 nitrogen and oxygen atoms in total. The van der Waals surface area contributed by atoms with Crippen molar-refractivity contribution in [3.8, 4) is 11.6 Å². The van der Waals surface area contributed by atoms with Gasteiger partial charge in [0.15, 0.2) is 0 Å². The van der Waals surface area contributed by atoms with Crippen LogP contribution in [0.15, 0.2) is 42.5 Å². The molecule has 1 saturated heterocycles. The Bertz CT molecular complexity index is 788. The van der Waals surface area contributed by atoms with E-state index < -0.39 is 0 Å². The molecule has 0 radical (unpaired) electrons. The van der Waals surface area contributed by atoms with Crippen LogP contribution >= 0.6 is 0 Å². The molecule has 1 aromatic heterocycles. The lowest BCUT2D eigenvalue weighted by molar-refractivity contribution is 0.0786. The number of hydrogen-bond acceptors (Lipinski definition) is 4. The van der Waals surface area contributed by atoms with E-state index in [-0.39, 0.29) is 5.75 Å². The number of aromatic hydroxyl groups is 1. The van der Waals surface area contributed by atoms with E-state index in [1.54, 1.807) is 19.2 Å². The molecule has 1 aliphatic carbocycles. The Balaban J connectivity index is 1.74. The van der Waals surface area contributed by atoms with E-state index in [1.807, 2.05) is 12.1 Å². The fourth-order valence-corrected chi connectivity index (χ4v) is 3.56. The van der Waals surface area contributed by atoms with Gasteiger partial charge in [-0.15, -0.1) is 0 Å². The first-order valence-corrected chi connectivity index (χ1v) is 9.39. The molecule has 2 fully saturated rings. The van der Waals surface area contributed by atoms with Gasteiger partial charge >= 0.3 is 0 Å². The molecule has 0 spiro atoms. The molecule has 4 rings (SSSR count). The van der Waals surface area contributed by atoms with Crippen LogP contribution in [0.5, 0.6) is 11.6 Å². The molecule has 0 atom stereocenters. The summed E-state index contributed by atoms with van der Waals surface area (Å²) >= 11 is 0. The molecular weight excluding hydrogens is 326 g/mol. The highest BCUT2D eigenvalue weighted by atomic mass is 16.5. The minimum absolute atomic E-state index is 0.272. The van der Waals surface area contributed by atoms with Crippen LogP contribution in [0.1, 0.15) is 48.4 Å². The van der Waals surface area contributed by atoms with Gasteiger partial charge in [0, 0.05) is 24.4 Å². The number of aromatic nitrogens is 1. The number of pyridine rings is 1. The molecule has 26 heavy (non-hydrogen) atoms. The highest BCUT2D eigenvalue weighted by molar-refractivity contribution is 5.78. The van der Waals surface area contributed by atoms with Crippen LogP contribution in [-0.2, 0) is 4.74 Å².